The van der Waals surface area contributed by atoms with Gasteiger partial charge in [-0.05, 0) is 37.5 Å². The molecule has 1 N–H and O–H groups in total. The third kappa shape index (κ3) is 4.11. The first-order valence-electron chi connectivity index (χ1n) is 7.23. The fraction of sp³-hybridized carbons (Fsp3) is 0.625. The van der Waals surface area contributed by atoms with Crippen molar-refractivity contribution in [3.8, 4) is 0 Å². The second kappa shape index (κ2) is 7.65. The van der Waals surface area contributed by atoms with Crippen LogP contribution in [0.4, 0.5) is 0 Å². The molecule has 0 spiro atoms. The number of nitrogens with one attached hydrogen (secondary N) is 1. The summed E-state index contributed by atoms with van der Waals surface area (Å²) in [6.45, 7) is 11.4. The van der Waals surface area contributed by atoms with Gasteiger partial charge in [0.2, 0.25) is 0 Å². The lowest BCUT2D eigenvalue weighted by Crippen LogP contribution is -2.55. The highest BCUT2D eigenvalue weighted by Gasteiger charge is 2.31. The lowest BCUT2D eigenvalue weighted by atomic mass is 9.92. The van der Waals surface area contributed by atoms with Crippen LogP contribution < -0.4 is 5.32 Å². The minimum Gasteiger partial charge on any atom is -0.311 e. The SMILES string of the molecule is CC(C)C(c1ccc(Cl)cc1)N1C[C@H](C)NC[C@H]1C.Cl. The zero-order valence-corrected chi connectivity index (χ0v) is 14.3. The van der Waals surface area contributed by atoms with E-state index < -0.39 is 0 Å². The predicted octanol–water partition coefficient (Wildman–Crippen LogP) is 4.14. The Balaban J connectivity index is 0.00000200. The molecule has 1 fully saturated rings. The maximum absolute atomic E-state index is 6.01. The summed E-state index contributed by atoms with van der Waals surface area (Å²) in [5.41, 5.74) is 1.38. The molecule has 1 aromatic rings. The summed E-state index contributed by atoms with van der Waals surface area (Å²) in [5.74, 6) is 0.592. The highest BCUT2D eigenvalue weighted by atomic mass is 35.5. The highest BCUT2D eigenvalue weighted by molar-refractivity contribution is 6.30. The summed E-state index contributed by atoms with van der Waals surface area (Å²) >= 11 is 6.01. The van der Waals surface area contributed by atoms with E-state index in [1.54, 1.807) is 0 Å². The average molecular weight is 317 g/mol. The van der Waals surface area contributed by atoms with Gasteiger partial charge in [0, 0.05) is 36.2 Å². The van der Waals surface area contributed by atoms with Crippen LogP contribution in [0, 0.1) is 5.92 Å². The van der Waals surface area contributed by atoms with E-state index in [9.17, 15) is 0 Å². The van der Waals surface area contributed by atoms with E-state index in [-0.39, 0.29) is 12.4 Å². The molecule has 2 nitrogen and oxygen atoms in total. The van der Waals surface area contributed by atoms with Crippen LogP contribution in [0.5, 0.6) is 0 Å². The van der Waals surface area contributed by atoms with Gasteiger partial charge in [-0.2, -0.15) is 0 Å². The zero-order chi connectivity index (χ0) is 14.0. The number of hydrogen-bond acceptors (Lipinski definition) is 2. The van der Waals surface area contributed by atoms with Crippen molar-refractivity contribution in [2.45, 2.75) is 45.8 Å². The van der Waals surface area contributed by atoms with Crippen LogP contribution in [0.3, 0.4) is 0 Å². The van der Waals surface area contributed by atoms with Gasteiger partial charge < -0.3 is 5.32 Å². The van der Waals surface area contributed by atoms with Gasteiger partial charge in [-0.25, -0.2) is 0 Å². The normalized spacial score (nSPS) is 25.3. The van der Waals surface area contributed by atoms with Gasteiger partial charge in [-0.15, -0.1) is 12.4 Å². The van der Waals surface area contributed by atoms with Crippen LogP contribution >= 0.6 is 24.0 Å². The van der Waals surface area contributed by atoms with E-state index >= 15 is 0 Å². The first-order chi connectivity index (χ1) is 8.99. The van der Waals surface area contributed by atoms with Gasteiger partial charge in [-0.1, -0.05) is 37.6 Å². The molecule has 1 aliphatic rings. The van der Waals surface area contributed by atoms with Crippen molar-refractivity contribution in [3.05, 3.63) is 34.9 Å². The molecule has 0 saturated carbocycles. The number of nitrogens with zero attached hydrogens (tertiary/aromatic N) is 1. The fourth-order valence-electron chi connectivity index (χ4n) is 3.06. The topological polar surface area (TPSA) is 15.3 Å². The van der Waals surface area contributed by atoms with E-state index in [1.165, 1.54) is 5.56 Å². The van der Waals surface area contributed by atoms with Crippen LogP contribution in [0.25, 0.3) is 0 Å². The Hall–Kier alpha value is -0.280. The molecule has 1 aromatic carbocycles. The molecule has 3 atom stereocenters. The molecule has 2 rings (SSSR count). The third-order valence-electron chi connectivity index (χ3n) is 4.01. The Morgan fingerprint density at radius 3 is 2.35 bits per heavy atom. The molecule has 4 heteroatoms. The van der Waals surface area contributed by atoms with Crippen LogP contribution in [-0.2, 0) is 0 Å². The average Bonchev–Trinajstić information content (AvgIpc) is 2.36. The van der Waals surface area contributed by atoms with E-state index in [1.807, 2.05) is 12.1 Å². The van der Waals surface area contributed by atoms with E-state index in [2.05, 4.69) is 50.0 Å². The summed E-state index contributed by atoms with van der Waals surface area (Å²) in [7, 11) is 0. The van der Waals surface area contributed by atoms with Crippen LogP contribution in [0.1, 0.15) is 39.3 Å². The van der Waals surface area contributed by atoms with E-state index in [4.69, 9.17) is 11.6 Å². The van der Waals surface area contributed by atoms with Crippen molar-refractivity contribution in [2.75, 3.05) is 13.1 Å². The Morgan fingerprint density at radius 1 is 1.20 bits per heavy atom. The Kier molecular flexibility index (Phi) is 6.80. The number of benzene rings is 1. The second-order valence-electron chi connectivity index (χ2n) is 6.10. The second-order valence-corrected chi connectivity index (χ2v) is 6.53. The monoisotopic (exact) mass is 316 g/mol. The zero-order valence-electron chi connectivity index (χ0n) is 12.8. The molecule has 0 aromatic heterocycles. The molecule has 1 saturated heterocycles. The lowest BCUT2D eigenvalue weighted by Gasteiger charge is -2.44. The third-order valence-corrected chi connectivity index (χ3v) is 4.26. The van der Waals surface area contributed by atoms with Crippen molar-refractivity contribution < 1.29 is 0 Å². The Labute approximate surface area is 134 Å². The predicted molar refractivity (Wildman–Crippen MR) is 89.9 cm³/mol. The molecule has 0 aliphatic carbocycles. The summed E-state index contributed by atoms with van der Waals surface area (Å²) in [6.07, 6.45) is 0. The van der Waals surface area contributed by atoms with Gasteiger partial charge in [0.25, 0.3) is 0 Å². The van der Waals surface area contributed by atoms with E-state index in [0.29, 0.717) is 24.0 Å². The maximum Gasteiger partial charge on any atom is 0.0406 e. The highest BCUT2D eigenvalue weighted by Crippen LogP contribution is 2.32. The number of piperazine rings is 1. The number of hydrogen-bond donors (Lipinski definition) is 1. The van der Waals surface area contributed by atoms with Crippen molar-refractivity contribution >= 4 is 24.0 Å². The molecule has 1 unspecified atom stereocenters. The Morgan fingerprint density at radius 2 is 1.80 bits per heavy atom. The standard InChI is InChI=1S/C16H25ClN2.ClH/c1-11(2)16(14-5-7-15(17)8-6-14)19-10-12(3)18-9-13(19)4;/h5-8,11-13,16,18H,9-10H2,1-4H3;1H/t12-,13+,16?;/m0./s1. The van der Waals surface area contributed by atoms with Crippen molar-refractivity contribution in [1.29, 1.82) is 0 Å². The summed E-state index contributed by atoms with van der Waals surface area (Å²) < 4.78 is 0. The number of halogens is 2. The van der Waals surface area contributed by atoms with Crippen LogP contribution in [0.2, 0.25) is 5.02 Å². The summed E-state index contributed by atoms with van der Waals surface area (Å²) in [5, 5.41) is 4.37. The summed E-state index contributed by atoms with van der Waals surface area (Å²) in [6, 6.07) is 9.95. The van der Waals surface area contributed by atoms with Gasteiger partial charge >= 0.3 is 0 Å². The Bertz CT molecular complexity index is 405. The largest absolute Gasteiger partial charge is 0.311 e. The molecule has 1 aliphatic heterocycles. The van der Waals surface area contributed by atoms with Crippen LogP contribution in [0.15, 0.2) is 24.3 Å². The summed E-state index contributed by atoms with van der Waals surface area (Å²) in [4.78, 5) is 2.63. The van der Waals surface area contributed by atoms with Gasteiger partial charge in [0.1, 0.15) is 0 Å². The van der Waals surface area contributed by atoms with Crippen LogP contribution in [-0.4, -0.2) is 30.1 Å². The van der Waals surface area contributed by atoms with Crippen molar-refractivity contribution in [3.63, 3.8) is 0 Å². The van der Waals surface area contributed by atoms with Gasteiger partial charge in [0.05, 0.1) is 0 Å². The molecule has 0 radical (unpaired) electrons. The minimum atomic E-state index is 0. The molecule has 114 valence electrons. The fourth-order valence-corrected chi connectivity index (χ4v) is 3.18. The molecular formula is C16H26Cl2N2. The van der Waals surface area contributed by atoms with Gasteiger partial charge in [0.15, 0.2) is 0 Å². The van der Waals surface area contributed by atoms with Crippen molar-refractivity contribution in [2.24, 2.45) is 5.92 Å². The molecule has 20 heavy (non-hydrogen) atoms. The quantitative estimate of drug-likeness (QED) is 0.901. The molecular weight excluding hydrogens is 291 g/mol. The minimum absolute atomic E-state index is 0. The lowest BCUT2D eigenvalue weighted by molar-refractivity contribution is 0.0698. The first-order valence-corrected chi connectivity index (χ1v) is 7.61. The molecule has 1 heterocycles. The smallest absolute Gasteiger partial charge is 0.0406 e. The maximum atomic E-state index is 6.01. The molecule has 0 bridgehead atoms. The van der Waals surface area contributed by atoms with E-state index in [0.717, 1.165) is 18.1 Å². The number of rotatable bonds is 3. The molecule has 0 amide bonds. The van der Waals surface area contributed by atoms with Gasteiger partial charge in [-0.3, -0.25) is 4.90 Å². The van der Waals surface area contributed by atoms with Crippen molar-refractivity contribution in [1.82, 2.24) is 10.2 Å². The first kappa shape index (κ1) is 17.8.